The lowest BCUT2D eigenvalue weighted by atomic mass is 10.1. The van der Waals surface area contributed by atoms with Crippen LogP contribution in [0.2, 0.25) is 0 Å². The van der Waals surface area contributed by atoms with Crippen LogP contribution in [-0.2, 0) is 4.79 Å². The molecule has 0 aliphatic rings. The summed E-state index contributed by atoms with van der Waals surface area (Å²) in [6.45, 7) is 5.55. The molecule has 94 valence electrons. The first-order valence-corrected chi connectivity index (χ1v) is 5.62. The van der Waals surface area contributed by atoms with Crippen molar-refractivity contribution >= 4 is 5.91 Å². The minimum absolute atomic E-state index is 0.221. The molecule has 1 unspecified atom stereocenters. The van der Waals surface area contributed by atoms with Crippen LogP contribution in [0.5, 0.6) is 5.75 Å². The van der Waals surface area contributed by atoms with E-state index in [4.69, 9.17) is 10.5 Å². The number of carbonyl (C=O) groups excluding carboxylic acids is 1. The highest BCUT2D eigenvalue weighted by Gasteiger charge is 2.13. The number of aryl methyl sites for hydroxylation is 1. The number of primary amides is 1. The van der Waals surface area contributed by atoms with Gasteiger partial charge >= 0.3 is 0 Å². The molecule has 1 amide bonds. The zero-order chi connectivity index (χ0) is 13.0. The highest BCUT2D eigenvalue weighted by atomic mass is 16.5. The van der Waals surface area contributed by atoms with Crippen LogP contribution in [0.1, 0.15) is 31.1 Å². The van der Waals surface area contributed by atoms with E-state index in [2.05, 4.69) is 0 Å². The van der Waals surface area contributed by atoms with Gasteiger partial charge in [0.15, 0.2) is 0 Å². The fourth-order valence-electron chi connectivity index (χ4n) is 1.41. The Balaban J connectivity index is 2.82. The highest BCUT2D eigenvalue weighted by molar-refractivity contribution is 5.76. The fourth-order valence-corrected chi connectivity index (χ4v) is 1.41. The summed E-state index contributed by atoms with van der Waals surface area (Å²) in [5.74, 6) is -0.137. The highest BCUT2D eigenvalue weighted by Crippen LogP contribution is 2.26. The van der Waals surface area contributed by atoms with Gasteiger partial charge in [0.2, 0.25) is 5.91 Å². The minimum atomic E-state index is -0.602. The summed E-state index contributed by atoms with van der Waals surface area (Å²) in [5.41, 5.74) is 6.91. The van der Waals surface area contributed by atoms with Crippen LogP contribution in [0.3, 0.4) is 0 Å². The van der Waals surface area contributed by atoms with Crippen LogP contribution in [-0.4, -0.2) is 17.6 Å². The molecule has 0 saturated heterocycles. The van der Waals surface area contributed by atoms with Gasteiger partial charge in [0.25, 0.3) is 0 Å². The smallest absolute Gasteiger partial charge is 0.223 e. The predicted octanol–water partition coefficient (Wildman–Crippen LogP) is 1.55. The molecule has 0 aliphatic heterocycles. The molecule has 4 heteroatoms. The Kier molecular flexibility index (Phi) is 4.52. The maximum Gasteiger partial charge on any atom is 0.223 e. The average molecular weight is 237 g/mol. The predicted molar refractivity (Wildman–Crippen MR) is 65.7 cm³/mol. The number of hydrogen-bond acceptors (Lipinski definition) is 3. The standard InChI is InChI=1S/C13H19NO3/c1-8-4-5-11(10(3)15)12(6-8)17-7-9(2)13(14)16/h4-6,9-10,15H,7H2,1-3H3,(H2,14,16)/t9?,10-/m1/s1. The fraction of sp³-hybridized carbons (Fsp3) is 0.462. The van der Waals surface area contributed by atoms with Crippen molar-refractivity contribution in [1.82, 2.24) is 0 Å². The number of aliphatic hydroxyl groups excluding tert-OH is 1. The number of nitrogens with two attached hydrogens (primary N) is 1. The molecule has 0 aromatic heterocycles. The summed E-state index contributed by atoms with van der Waals surface area (Å²) >= 11 is 0. The number of benzene rings is 1. The maximum atomic E-state index is 10.9. The first-order chi connectivity index (χ1) is 7.91. The minimum Gasteiger partial charge on any atom is -0.492 e. The molecule has 2 atom stereocenters. The lowest BCUT2D eigenvalue weighted by molar-refractivity contribution is -0.122. The van der Waals surface area contributed by atoms with Crippen LogP contribution < -0.4 is 10.5 Å². The van der Waals surface area contributed by atoms with Gasteiger partial charge in [-0.05, 0) is 25.5 Å². The van der Waals surface area contributed by atoms with E-state index < -0.39 is 12.0 Å². The molecule has 0 aliphatic carbocycles. The molecule has 1 aromatic carbocycles. The van der Waals surface area contributed by atoms with Crippen molar-refractivity contribution in [1.29, 1.82) is 0 Å². The molecule has 0 bridgehead atoms. The second kappa shape index (κ2) is 5.68. The van der Waals surface area contributed by atoms with E-state index in [1.165, 1.54) is 0 Å². The van der Waals surface area contributed by atoms with Crippen LogP contribution >= 0.6 is 0 Å². The van der Waals surface area contributed by atoms with Crippen molar-refractivity contribution in [2.75, 3.05) is 6.61 Å². The Morgan fingerprint density at radius 2 is 2.12 bits per heavy atom. The van der Waals surface area contributed by atoms with E-state index >= 15 is 0 Å². The third kappa shape index (κ3) is 3.75. The third-order valence-corrected chi connectivity index (χ3v) is 2.59. The second-order valence-electron chi connectivity index (χ2n) is 4.33. The van der Waals surface area contributed by atoms with Crippen molar-refractivity contribution in [2.24, 2.45) is 11.7 Å². The molecule has 4 nitrogen and oxygen atoms in total. The van der Waals surface area contributed by atoms with Gasteiger partial charge in [0.05, 0.1) is 18.6 Å². The second-order valence-corrected chi connectivity index (χ2v) is 4.33. The lowest BCUT2D eigenvalue weighted by Crippen LogP contribution is -2.26. The van der Waals surface area contributed by atoms with Crippen molar-refractivity contribution < 1.29 is 14.6 Å². The SMILES string of the molecule is Cc1ccc([C@@H](C)O)c(OCC(C)C(N)=O)c1. The molecule has 3 N–H and O–H groups in total. The Bertz CT molecular complexity index is 402. The summed E-state index contributed by atoms with van der Waals surface area (Å²) in [6.07, 6.45) is -0.602. The summed E-state index contributed by atoms with van der Waals surface area (Å²) < 4.78 is 5.54. The van der Waals surface area contributed by atoms with E-state index in [1.807, 2.05) is 25.1 Å². The molecule has 0 fully saturated rings. The summed E-state index contributed by atoms with van der Waals surface area (Å²) in [4.78, 5) is 10.9. The van der Waals surface area contributed by atoms with Gasteiger partial charge in [-0.15, -0.1) is 0 Å². The summed E-state index contributed by atoms with van der Waals surface area (Å²) in [7, 11) is 0. The molecule has 0 radical (unpaired) electrons. The van der Waals surface area contributed by atoms with Gasteiger partial charge in [-0.3, -0.25) is 4.79 Å². The van der Waals surface area contributed by atoms with Crippen molar-refractivity contribution in [3.8, 4) is 5.75 Å². The van der Waals surface area contributed by atoms with Crippen molar-refractivity contribution in [2.45, 2.75) is 26.9 Å². The Morgan fingerprint density at radius 3 is 2.65 bits per heavy atom. The number of ether oxygens (including phenoxy) is 1. The third-order valence-electron chi connectivity index (χ3n) is 2.59. The molecular formula is C13H19NO3. The van der Waals surface area contributed by atoms with Gasteiger partial charge in [0, 0.05) is 5.56 Å². The molecular weight excluding hydrogens is 218 g/mol. The zero-order valence-electron chi connectivity index (χ0n) is 10.4. The van der Waals surface area contributed by atoms with E-state index in [0.717, 1.165) is 5.56 Å². The number of carbonyl (C=O) groups is 1. The monoisotopic (exact) mass is 237 g/mol. The van der Waals surface area contributed by atoms with Gasteiger partial charge in [-0.2, -0.15) is 0 Å². The molecule has 0 heterocycles. The lowest BCUT2D eigenvalue weighted by Gasteiger charge is -2.16. The molecule has 1 aromatic rings. The molecule has 17 heavy (non-hydrogen) atoms. The number of amides is 1. The van der Waals surface area contributed by atoms with Crippen LogP contribution in [0.15, 0.2) is 18.2 Å². The van der Waals surface area contributed by atoms with Crippen LogP contribution in [0, 0.1) is 12.8 Å². The number of rotatable bonds is 5. The van der Waals surface area contributed by atoms with Crippen molar-refractivity contribution in [3.05, 3.63) is 29.3 Å². The van der Waals surface area contributed by atoms with Crippen LogP contribution in [0.25, 0.3) is 0 Å². The molecule has 0 spiro atoms. The zero-order valence-corrected chi connectivity index (χ0v) is 10.4. The average Bonchev–Trinajstić information content (AvgIpc) is 2.25. The number of hydrogen-bond donors (Lipinski definition) is 2. The topological polar surface area (TPSA) is 72.6 Å². The van der Waals surface area contributed by atoms with Crippen LogP contribution in [0.4, 0.5) is 0 Å². The van der Waals surface area contributed by atoms with E-state index in [-0.39, 0.29) is 12.5 Å². The quantitative estimate of drug-likeness (QED) is 0.816. The first-order valence-electron chi connectivity index (χ1n) is 5.62. The summed E-state index contributed by atoms with van der Waals surface area (Å²) in [6, 6.07) is 5.58. The normalized spacial score (nSPS) is 14.1. The van der Waals surface area contributed by atoms with Gasteiger partial charge in [0.1, 0.15) is 5.75 Å². The Morgan fingerprint density at radius 1 is 1.47 bits per heavy atom. The van der Waals surface area contributed by atoms with E-state index in [0.29, 0.717) is 11.3 Å². The van der Waals surface area contributed by atoms with Crippen molar-refractivity contribution in [3.63, 3.8) is 0 Å². The number of aliphatic hydroxyl groups is 1. The maximum absolute atomic E-state index is 10.9. The Hall–Kier alpha value is -1.55. The van der Waals surface area contributed by atoms with E-state index in [9.17, 15) is 9.90 Å². The first kappa shape index (κ1) is 13.5. The summed E-state index contributed by atoms with van der Waals surface area (Å²) in [5, 5.41) is 9.60. The molecule has 0 saturated carbocycles. The van der Waals surface area contributed by atoms with E-state index in [1.54, 1.807) is 13.8 Å². The van der Waals surface area contributed by atoms with Gasteiger partial charge in [-0.25, -0.2) is 0 Å². The van der Waals surface area contributed by atoms with Gasteiger partial charge in [-0.1, -0.05) is 19.1 Å². The largest absolute Gasteiger partial charge is 0.492 e. The molecule has 1 rings (SSSR count). The van der Waals surface area contributed by atoms with Gasteiger partial charge < -0.3 is 15.6 Å². The Labute approximate surface area is 101 Å².